The van der Waals surface area contributed by atoms with Crippen molar-refractivity contribution in [2.75, 3.05) is 20.2 Å². The topological polar surface area (TPSA) is 69.6 Å². The first-order valence-electron chi connectivity index (χ1n) is 8.41. The zero-order valence-corrected chi connectivity index (χ0v) is 14.4. The van der Waals surface area contributed by atoms with Crippen LogP contribution in [0.2, 0.25) is 0 Å². The molecule has 0 radical (unpaired) electrons. The van der Waals surface area contributed by atoms with Crippen LogP contribution < -0.4 is 5.32 Å². The molecule has 0 spiro atoms. The van der Waals surface area contributed by atoms with E-state index in [9.17, 15) is 8.42 Å². The molecule has 1 aromatic carbocycles. The number of hydrogen-bond donors (Lipinski definition) is 2. The first-order valence-corrected chi connectivity index (χ1v) is 9.85. The summed E-state index contributed by atoms with van der Waals surface area (Å²) in [4.78, 5) is 0.339. The number of nitrogens with zero attached hydrogens (tertiary/aromatic N) is 1. The van der Waals surface area contributed by atoms with E-state index >= 15 is 0 Å². The Morgan fingerprint density at radius 1 is 1.26 bits per heavy atom. The molecule has 2 aliphatic carbocycles. The van der Waals surface area contributed by atoms with Crippen molar-refractivity contribution in [3.63, 3.8) is 0 Å². The van der Waals surface area contributed by atoms with E-state index in [1.54, 1.807) is 12.1 Å². The third-order valence-electron chi connectivity index (χ3n) is 5.37. The molecule has 5 nitrogen and oxygen atoms in total. The number of aliphatic hydroxyl groups is 1. The lowest BCUT2D eigenvalue weighted by atomic mass is 9.95. The second kappa shape index (κ2) is 6.89. The number of fused-ring (bicyclic) bond motifs is 2. The molecule has 3 rings (SSSR count). The molecule has 2 N–H and O–H groups in total. The van der Waals surface area contributed by atoms with Gasteiger partial charge in [0, 0.05) is 26.2 Å². The van der Waals surface area contributed by atoms with Crippen molar-refractivity contribution in [3.8, 4) is 0 Å². The van der Waals surface area contributed by atoms with E-state index in [0.717, 1.165) is 17.4 Å². The average Bonchev–Trinajstić information content (AvgIpc) is 3.16. The molecule has 128 valence electrons. The van der Waals surface area contributed by atoms with Gasteiger partial charge in [-0.2, -0.15) is 4.31 Å². The zero-order chi connectivity index (χ0) is 16.4. The van der Waals surface area contributed by atoms with Crippen LogP contribution in [0.1, 0.15) is 31.2 Å². The molecule has 23 heavy (non-hydrogen) atoms. The number of nitrogens with one attached hydrogen (secondary N) is 1. The first kappa shape index (κ1) is 16.9. The van der Waals surface area contributed by atoms with E-state index in [0.29, 0.717) is 17.5 Å². The summed E-state index contributed by atoms with van der Waals surface area (Å²) in [5.41, 5.74) is 0.806. The Labute approximate surface area is 138 Å². The largest absolute Gasteiger partial charge is 0.395 e. The second-order valence-electron chi connectivity index (χ2n) is 6.82. The lowest BCUT2D eigenvalue weighted by molar-refractivity contribution is 0.266. The molecular formula is C17H26N2O3S. The van der Waals surface area contributed by atoms with E-state index in [-0.39, 0.29) is 13.2 Å². The predicted molar refractivity (Wildman–Crippen MR) is 89.4 cm³/mol. The Balaban J connectivity index is 1.73. The van der Waals surface area contributed by atoms with Gasteiger partial charge in [0.25, 0.3) is 0 Å². The average molecular weight is 338 g/mol. The van der Waals surface area contributed by atoms with Gasteiger partial charge in [0.15, 0.2) is 0 Å². The lowest BCUT2D eigenvalue weighted by Gasteiger charge is -2.24. The van der Waals surface area contributed by atoms with E-state index in [1.807, 2.05) is 12.1 Å². The Hall–Kier alpha value is -0.950. The third-order valence-corrected chi connectivity index (χ3v) is 7.33. The molecule has 1 aromatic rings. The van der Waals surface area contributed by atoms with Crippen molar-refractivity contribution in [2.24, 2.45) is 11.8 Å². The van der Waals surface area contributed by atoms with E-state index < -0.39 is 10.0 Å². The summed E-state index contributed by atoms with van der Waals surface area (Å²) in [5.74, 6) is 1.63. The maximum Gasteiger partial charge on any atom is 0.243 e. The molecule has 2 fully saturated rings. The highest BCUT2D eigenvalue weighted by Gasteiger charge is 2.39. The maximum atomic E-state index is 12.7. The minimum atomic E-state index is -3.55. The van der Waals surface area contributed by atoms with Crippen LogP contribution in [0.3, 0.4) is 0 Å². The minimum absolute atomic E-state index is 0.108. The normalized spacial score (nSPS) is 27.0. The fraction of sp³-hybridized carbons (Fsp3) is 0.647. The van der Waals surface area contributed by atoms with Crippen LogP contribution in [0.4, 0.5) is 0 Å². The number of rotatable bonds is 7. The molecular weight excluding hydrogens is 312 g/mol. The van der Waals surface area contributed by atoms with Gasteiger partial charge in [0.2, 0.25) is 10.0 Å². The van der Waals surface area contributed by atoms with Crippen LogP contribution in [0.25, 0.3) is 0 Å². The highest BCUT2D eigenvalue weighted by molar-refractivity contribution is 7.89. The van der Waals surface area contributed by atoms with Crippen molar-refractivity contribution >= 4 is 10.0 Å². The number of aliphatic hydroxyl groups excluding tert-OH is 1. The predicted octanol–water partition coefficient (Wildman–Crippen LogP) is 1.58. The molecule has 0 heterocycles. The Morgan fingerprint density at radius 3 is 2.70 bits per heavy atom. The highest BCUT2D eigenvalue weighted by atomic mass is 32.2. The van der Waals surface area contributed by atoms with Crippen molar-refractivity contribution in [3.05, 3.63) is 29.8 Å². The SMILES string of the molecule is CN(CCO)S(=O)(=O)c1ccccc1CNC1CC2CCC1C2. The summed E-state index contributed by atoms with van der Waals surface area (Å²) in [7, 11) is -2.05. The van der Waals surface area contributed by atoms with Crippen LogP contribution in [-0.2, 0) is 16.6 Å². The molecule has 0 aromatic heterocycles. The van der Waals surface area contributed by atoms with Crippen LogP contribution in [0.15, 0.2) is 29.2 Å². The molecule has 0 aliphatic heterocycles. The van der Waals surface area contributed by atoms with Gasteiger partial charge in [-0.1, -0.05) is 24.6 Å². The van der Waals surface area contributed by atoms with Crippen molar-refractivity contribution < 1.29 is 13.5 Å². The maximum absolute atomic E-state index is 12.7. The van der Waals surface area contributed by atoms with Gasteiger partial charge in [-0.15, -0.1) is 0 Å². The molecule has 2 bridgehead atoms. The molecule has 6 heteroatoms. The monoisotopic (exact) mass is 338 g/mol. The lowest BCUT2D eigenvalue weighted by Crippen LogP contribution is -2.35. The van der Waals surface area contributed by atoms with Gasteiger partial charge >= 0.3 is 0 Å². The minimum Gasteiger partial charge on any atom is -0.395 e. The van der Waals surface area contributed by atoms with Crippen molar-refractivity contribution in [1.82, 2.24) is 9.62 Å². The first-order chi connectivity index (χ1) is 11.0. The van der Waals surface area contributed by atoms with Gasteiger partial charge in [-0.3, -0.25) is 0 Å². The summed E-state index contributed by atoms with van der Waals surface area (Å²) < 4.78 is 26.5. The smallest absolute Gasteiger partial charge is 0.243 e. The van der Waals surface area contributed by atoms with Crippen LogP contribution in [0.5, 0.6) is 0 Å². The fourth-order valence-electron chi connectivity index (χ4n) is 4.07. The molecule has 2 saturated carbocycles. The van der Waals surface area contributed by atoms with Crippen molar-refractivity contribution in [2.45, 2.75) is 43.2 Å². The van der Waals surface area contributed by atoms with Gasteiger partial charge in [0.1, 0.15) is 0 Å². The van der Waals surface area contributed by atoms with Gasteiger partial charge < -0.3 is 10.4 Å². The van der Waals surface area contributed by atoms with E-state index in [2.05, 4.69) is 5.32 Å². The molecule has 3 atom stereocenters. The Bertz CT molecular complexity index is 647. The fourth-order valence-corrected chi connectivity index (χ4v) is 5.45. The highest BCUT2D eigenvalue weighted by Crippen LogP contribution is 2.44. The third kappa shape index (κ3) is 3.45. The summed E-state index contributed by atoms with van der Waals surface area (Å²) in [6.07, 6.45) is 5.22. The van der Waals surface area contributed by atoms with Crippen molar-refractivity contribution in [1.29, 1.82) is 0 Å². The van der Waals surface area contributed by atoms with Gasteiger partial charge in [-0.25, -0.2) is 8.42 Å². The summed E-state index contributed by atoms with van der Waals surface area (Å²) in [6.45, 7) is 0.508. The number of likely N-dealkylation sites (N-methyl/N-ethyl adjacent to an activating group) is 1. The summed E-state index contributed by atoms with van der Waals surface area (Å²) in [6, 6.07) is 7.68. The Morgan fingerprint density at radius 2 is 2.04 bits per heavy atom. The van der Waals surface area contributed by atoms with Crippen LogP contribution in [-0.4, -0.2) is 44.1 Å². The van der Waals surface area contributed by atoms with E-state index in [4.69, 9.17) is 5.11 Å². The number of hydrogen-bond acceptors (Lipinski definition) is 4. The standard InChI is InChI=1S/C17H26N2O3S/c1-19(8-9-20)23(21,22)17-5-3-2-4-15(17)12-18-16-11-13-6-7-14(16)10-13/h2-5,13-14,16,18,20H,6-12H2,1H3. The summed E-state index contributed by atoms with van der Waals surface area (Å²) >= 11 is 0. The molecule has 2 aliphatic rings. The molecule has 0 amide bonds. The van der Waals surface area contributed by atoms with Crippen LogP contribution >= 0.6 is 0 Å². The number of benzene rings is 1. The van der Waals surface area contributed by atoms with Crippen LogP contribution in [0, 0.1) is 11.8 Å². The second-order valence-corrected chi connectivity index (χ2v) is 8.83. The van der Waals surface area contributed by atoms with Gasteiger partial charge in [-0.05, 0) is 42.7 Å². The molecule has 3 unspecified atom stereocenters. The molecule has 0 saturated heterocycles. The van der Waals surface area contributed by atoms with E-state index in [1.165, 1.54) is 37.0 Å². The van der Waals surface area contributed by atoms with Gasteiger partial charge in [0.05, 0.1) is 11.5 Å². The quantitative estimate of drug-likeness (QED) is 0.792. The number of sulfonamides is 1. The zero-order valence-electron chi connectivity index (χ0n) is 13.6. The Kier molecular flexibility index (Phi) is 5.06. The summed E-state index contributed by atoms with van der Waals surface area (Å²) in [5, 5.41) is 12.6.